The average molecular weight is 358 g/mol. The van der Waals surface area contributed by atoms with Crippen LogP contribution in [0.15, 0.2) is 46.8 Å². The zero-order valence-electron chi connectivity index (χ0n) is 19.2. The molecular formula is C24H23N2O+. The van der Waals surface area contributed by atoms with Crippen molar-refractivity contribution in [3.8, 4) is 11.3 Å². The highest BCUT2D eigenvalue weighted by atomic mass is 16.3. The topological polar surface area (TPSA) is 21.4 Å². The Morgan fingerprint density at radius 2 is 1.89 bits per heavy atom. The van der Waals surface area contributed by atoms with Crippen LogP contribution in [-0.4, -0.2) is 0 Å². The molecule has 2 aromatic carbocycles. The molecule has 4 rings (SSSR count). The van der Waals surface area contributed by atoms with Gasteiger partial charge in [-0.05, 0) is 30.0 Å². The lowest BCUT2D eigenvalue weighted by Crippen LogP contribution is -2.35. The molecule has 3 nitrogen and oxygen atoms in total. The molecular weight excluding hydrogens is 332 g/mol. The van der Waals surface area contributed by atoms with Crippen molar-refractivity contribution >= 4 is 27.6 Å². The average Bonchev–Trinajstić information content (AvgIpc) is 3.04. The van der Waals surface area contributed by atoms with Gasteiger partial charge >= 0.3 is 0 Å². The molecule has 0 aliphatic rings. The van der Waals surface area contributed by atoms with E-state index in [1.807, 2.05) is 43.7 Å². The van der Waals surface area contributed by atoms with E-state index in [-0.39, 0.29) is 12.1 Å². The molecule has 0 fully saturated rings. The van der Waals surface area contributed by atoms with Crippen LogP contribution in [0.5, 0.6) is 0 Å². The van der Waals surface area contributed by atoms with Crippen LogP contribution >= 0.6 is 0 Å². The van der Waals surface area contributed by atoms with Crippen molar-refractivity contribution in [2.24, 2.45) is 7.05 Å². The molecule has 2 aromatic heterocycles. The van der Waals surface area contributed by atoms with E-state index < -0.39 is 5.89 Å². The van der Waals surface area contributed by atoms with Crippen molar-refractivity contribution in [3.63, 3.8) is 0 Å². The van der Waals surface area contributed by atoms with Gasteiger partial charge in [0.25, 0.3) is 0 Å². The molecule has 0 aliphatic heterocycles. The highest BCUT2D eigenvalue weighted by molar-refractivity contribution is 6.10. The third-order valence-corrected chi connectivity index (χ3v) is 5.09. The number of aryl methyl sites for hydroxylation is 1. The Morgan fingerprint density at radius 3 is 2.59 bits per heavy atom. The van der Waals surface area contributed by atoms with Crippen LogP contribution in [0.25, 0.3) is 38.0 Å². The van der Waals surface area contributed by atoms with Gasteiger partial charge < -0.3 is 4.42 Å². The lowest BCUT2D eigenvalue weighted by atomic mass is 9.96. The molecule has 0 aliphatic carbocycles. The SMILES string of the molecule is [2H]c1c(C([2H])(C)C)c([2H])c(-c2c(C)ccc3c2oc2cc([N+]#[C-])ccc23)[n+](C)c1C. The molecule has 0 bridgehead atoms. The minimum Gasteiger partial charge on any atom is -0.456 e. The number of hydrogen-bond acceptors (Lipinski definition) is 1. The van der Waals surface area contributed by atoms with E-state index in [1.165, 1.54) is 0 Å². The number of benzene rings is 2. The predicted octanol–water partition coefficient (Wildman–Crippen LogP) is 6.37. The van der Waals surface area contributed by atoms with E-state index in [9.17, 15) is 0 Å². The largest absolute Gasteiger partial charge is 0.456 e. The van der Waals surface area contributed by atoms with Gasteiger partial charge in [0.15, 0.2) is 11.4 Å². The Morgan fingerprint density at radius 1 is 1.15 bits per heavy atom. The summed E-state index contributed by atoms with van der Waals surface area (Å²) in [6, 6.07) is 9.81. The summed E-state index contributed by atoms with van der Waals surface area (Å²) in [5, 5.41) is 1.84. The molecule has 4 aromatic rings. The minimum atomic E-state index is -1.08. The first-order valence-electron chi connectivity index (χ1n) is 10.4. The third-order valence-electron chi connectivity index (χ3n) is 5.09. The lowest BCUT2D eigenvalue weighted by molar-refractivity contribution is -0.666. The van der Waals surface area contributed by atoms with E-state index in [0.29, 0.717) is 33.8 Å². The number of rotatable bonds is 2. The molecule has 0 saturated heterocycles. The van der Waals surface area contributed by atoms with Gasteiger partial charge in [-0.2, -0.15) is 4.57 Å². The van der Waals surface area contributed by atoms with Gasteiger partial charge in [0, 0.05) is 31.2 Å². The van der Waals surface area contributed by atoms with Crippen LogP contribution in [0.1, 0.15) is 40.7 Å². The summed E-state index contributed by atoms with van der Waals surface area (Å²) < 4.78 is 34.1. The number of fused-ring (bicyclic) bond motifs is 3. The number of aromatic nitrogens is 1. The Bertz CT molecular complexity index is 1390. The molecule has 0 radical (unpaired) electrons. The summed E-state index contributed by atoms with van der Waals surface area (Å²) in [5.74, 6) is -1.08. The van der Waals surface area contributed by atoms with E-state index in [0.717, 1.165) is 21.9 Å². The van der Waals surface area contributed by atoms with Gasteiger partial charge in [-0.25, -0.2) is 4.85 Å². The second-order valence-corrected chi connectivity index (χ2v) is 7.15. The second kappa shape index (κ2) is 6.25. The number of pyridine rings is 1. The van der Waals surface area contributed by atoms with Crippen molar-refractivity contribution in [1.29, 1.82) is 0 Å². The summed E-state index contributed by atoms with van der Waals surface area (Å²) in [4.78, 5) is 3.49. The van der Waals surface area contributed by atoms with Crippen LogP contribution in [0.2, 0.25) is 0 Å². The smallest absolute Gasteiger partial charge is 0.216 e. The quantitative estimate of drug-likeness (QED) is 0.301. The summed E-state index contributed by atoms with van der Waals surface area (Å²) in [7, 11) is 1.85. The number of hydrogen-bond donors (Lipinski definition) is 0. The molecule has 0 amide bonds. The zero-order chi connectivity index (χ0) is 22.0. The third kappa shape index (κ3) is 2.69. The highest BCUT2D eigenvalue weighted by Gasteiger charge is 2.23. The second-order valence-electron chi connectivity index (χ2n) is 7.15. The predicted molar refractivity (Wildman–Crippen MR) is 110 cm³/mol. The molecule has 27 heavy (non-hydrogen) atoms. The first-order valence-corrected chi connectivity index (χ1v) is 8.90. The van der Waals surface area contributed by atoms with E-state index >= 15 is 0 Å². The van der Waals surface area contributed by atoms with Crippen molar-refractivity contribution in [1.82, 2.24) is 0 Å². The molecule has 0 atom stereocenters. The van der Waals surface area contributed by atoms with Crippen molar-refractivity contribution in [2.75, 3.05) is 0 Å². The molecule has 0 saturated carbocycles. The van der Waals surface area contributed by atoms with Crippen LogP contribution in [0, 0.1) is 20.4 Å². The minimum absolute atomic E-state index is 0.172. The Labute approximate surface area is 163 Å². The highest BCUT2D eigenvalue weighted by Crippen LogP contribution is 2.38. The van der Waals surface area contributed by atoms with E-state index in [4.69, 9.17) is 15.1 Å². The van der Waals surface area contributed by atoms with Crippen LogP contribution in [-0.2, 0) is 7.05 Å². The summed E-state index contributed by atoms with van der Waals surface area (Å²) in [6.07, 6.45) is 0. The van der Waals surface area contributed by atoms with Gasteiger partial charge in [0.1, 0.15) is 18.2 Å². The molecule has 0 N–H and O–H groups in total. The Hall–Kier alpha value is -3.12. The van der Waals surface area contributed by atoms with Crippen LogP contribution in [0.3, 0.4) is 0 Å². The van der Waals surface area contributed by atoms with Crippen molar-refractivity contribution in [3.05, 3.63) is 70.7 Å². The van der Waals surface area contributed by atoms with E-state index in [2.05, 4.69) is 4.85 Å². The molecule has 0 unspecified atom stereocenters. The van der Waals surface area contributed by atoms with Gasteiger partial charge in [-0.3, -0.25) is 0 Å². The van der Waals surface area contributed by atoms with Gasteiger partial charge in [-0.15, -0.1) is 0 Å². The van der Waals surface area contributed by atoms with Gasteiger partial charge in [0.2, 0.25) is 5.69 Å². The number of furan rings is 1. The maximum Gasteiger partial charge on any atom is 0.216 e. The molecule has 134 valence electrons. The maximum atomic E-state index is 8.95. The molecule has 2 heterocycles. The summed E-state index contributed by atoms with van der Waals surface area (Å²) in [6.45, 7) is 14.5. The lowest BCUT2D eigenvalue weighted by Gasteiger charge is -2.11. The fourth-order valence-electron chi connectivity index (χ4n) is 3.44. The Balaban J connectivity index is 2.18. The summed E-state index contributed by atoms with van der Waals surface area (Å²) in [5.41, 5.74) is 5.26. The first kappa shape index (κ1) is 14.0. The molecule has 3 heteroatoms. The standard InChI is InChI=1S/C24H23N2O/c1-14(2)17-11-16(4)26(6)21(12-17)23-15(3)7-9-20-19-10-8-18(25-5)13-22(19)27-24(20)23/h7-14H,1-4,6H3/q+1/i11D,12D,14D. The van der Waals surface area contributed by atoms with E-state index in [1.54, 1.807) is 26.0 Å². The van der Waals surface area contributed by atoms with Gasteiger partial charge in [0.05, 0.1) is 14.9 Å². The fourth-order valence-corrected chi connectivity index (χ4v) is 3.44. The monoisotopic (exact) mass is 358 g/mol. The number of nitrogens with zero attached hydrogens (tertiary/aromatic N) is 2. The molecule has 0 spiro atoms. The van der Waals surface area contributed by atoms with Crippen molar-refractivity contribution < 1.29 is 13.1 Å². The van der Waals surface area contributed by atoms with Crippen LogP contribution < -0.4 is 4.57 Å². The van der Waals surface area contributed by atoms with Gasteiger partial charge in [-0.1, -0.05) is 38.1 Å². The van der Waals surface area contributed by atoms with Crippen LogP contribution in [0.4, 0.5) is 5.69 Å². The Kier molecular flexibility index (Phi) is 3.24. The maximum absolute atomic E-state index is 8.95. The summed E-state index contributed by atoms with van der Waals surface area (Å²) >= 11 is 0. The fraction of sp³-hybridized carbons (Fsp3) is 0.250. The van der Waals surface area contributed by atoms with Crippen molar-refractivity contribution in [2.45, 2.75) is 33.6 Å². The zero-order valence-corrected chi connectivity index (χ0v) is 16.2. The first-order chi connectivity index (χ1) is 14.1. The normalized spacial score (nSPS) is 13.4.